The molecule has 0 radical (unpaired) electrons. The van der Waals surface area contributed by atoms with Crippen molar-refractivity contribution >= 4 is 0 Å². The predicted octanol–water partition coefficient (Wildman–Crippen LogP) is 1.76. The van der Waals surface area contributed by atoms with E-state index in [1.165, 1.54) is 0 Å². The molecular weight excluding hydrogens is 246 g/mol. The second-order valence-electron chi connectivity index (χ2n) is 4.08. The van der Waals surface area contributed by atoms with Crippen molar-refractivity contribution in [2.75, 3.05) is 6.79 Å². The predicted molar refractivity (Wildman–Crippen MR) is 67.3 cm³/mol. The molecule has 1 aliphatic heterocycles. The van der Waals surface area contributed by atoms with E-state index in [4.69, 9.17) is 19.9 Å². The van der Waals surface area contributed by atoms with Gasteiger partial charge in [-0.25, -0.2) is 4.98 Å². The summed E-state index contributed by atoms with van der Waals surface area (Å²) in [5, 5.41) is 0. The summed E-state index contributed by atoms with van der Waals surface area (Å²) in [4.78, 5) is 8.36. The Balaban J connectivity index is 1.83. The van der Waals surface area contributed by atoms with Gasteiger partial charge in [-0.2, -0.15) is 4.98 Å². The zero-order valence-corrected chi connectivity index (χ0v) is 10.4. The second-order valence-corrected chi connectivity index (χ2v) is 4.08. The first kappa shape index (κ1) is 11.7. The van der Waals surface area contributed by atoms with Crippen LogP contribution in [0.2, 0.25) is 0 Å². The maximum Gasteiger partial charge on any atom is 0.322 e. The third-order valence-electron chi connectivity index (χ3n) is 2.83. The van der Waals surface area contributed by atoms with E-state index in [0.29, 0.717) is 23.8 Å². The minimum Gasteiger partial charge on any atom is -0.454 e. The molecule has 2 heterocycles. The van der Waals surface area contributed by atoms with E-state index in [0.717, 1.165) is 11.3 Å². The molecule has 6 nitrogen and oxygen atoms in total. The average molecular weight is 259 g/mol. The van der Waals surface area contributed by atoms with Crippen LogP contribution in [-0.2, 0) is 6.54 Å². The molecule has 1 aromatic heterocycles. The van der Waals surface area contributed by atoms with Gasteiger partial charge < -0.3 is 19.9 Å². The highest BCUT2D eigenvalue weighted by Gasteiger charge is 2.14. The molecule has 0 aliphatic carbocycles. The van der Waals surface area contributed by atoms with E-state index in [1.807, 2.05) is 6.92 Å². The molecule has 19 heavy (non-hydrogen) atoms. The minimum absolute atomic E-state index is 0.236. The zero-order chi connectivity index (χ0) is 13.2. The molecule has 0 atom stereocenters. The molecule has 1 aliphatic rings. The first-order valence-electron chi connectivity index (χ1n) is 5.86. The van der Waals surface area contributed by atoms with Gasteiger partial charge in [-0.3, -0.25) is 0 Å². The fourth-order valence-electron chi connectivity index (χ4n) is 1.77. The molecule has 0 saturated carbocycles. The molecule has 0 fully saturated rings. The largest absolute Gasteiger partial charge is 0.454 e. The summed E-state index contributed by atoms with van der Waals surface area (Å²) >= 11 is 0. The lowest BCUT2D eigenvalue weighted by atomic mass is 10.2. The highest BCUT2D eigenvalue weighted by molar-refractivity contribution is 5.47. The SMILES string of the molecule is Cc1nc(Oc2ccc3c(c2)OCO3)ncc1CN. The van der Waals surface area contributed by atoms with Crippen LogP contribution >= 0.6 is 0 Å². The number of hydrogen-bond donors (Lipinski definition) is 1. The van der Waals surface area contributed by atoms with Crippen molar-refractivity contribution in [2.24, 2.45) is 5.73 Å². The van der Waals surface area contributed by atoms with Gasteiger partial charge >= 0.3 is 6.01 Å². The van der Waals surface area contributed by atoms with Crippen LogP contribution in [0.1, 0.15) is 11.3 Å². The molecule has 0 unspecified atom stereocenters. The van der Waals surface area contributed by atoms with Crippen molar-refractivity contribution in [1.82, 2.24) is 9.97 Å². The van der Waals surface area contributed by atoms with Crippen LogP contribution in [0.3, 0.4) is 0 Å². The Kier molecular flexibility index (Phi) is 2.92. The summed E-state index contributed by atoms with van der Waals surface area (Å²) in [5.74, 6) is 1.97. The molecule has 2 aromatic rings. The van der Waals surface area contributed by atoms with Gasteiger partial charge in [0.05, 0.1) is 0 Å². The number of hydrogen-bond acceptors (Lipinski definition) is 6. The monoisotopic (exact) mass is 259 g/mol. The van der Waals surface area contributed by atoms with Crippen molar-refractivity contribution in [3.63, 3.8) is 0 Å². The highest BCUT2D eigenvalue weighted by atomic mass is 16.7. The fourth-order valence-corrected chi connectivity index (χ4v) is 1.77. The van der Waals surface area contributed by atoms with E-state index in [2.05, 4.69) is 9.97 Å². The Hall–Kier alpha value is -2.34. The zero-order valence-electron chi connectivity index (χ0n) is 10.4. The average Bonchev–Trinajstić information content (AvgIpc) is 2.86. The number of nitrogens with two attached hydrogens (primary N) is 1. The standard InChI is InChI=1S/C13H13N3O3/c1-8-9(5-14)6-15-13(16-8)19-10-2-3-11-12(4-10)18-7-17-11/h2-4,6H,5,7,14H2,1H3. The normalized spacial score (nSPS) is 12.5. The van der Waals surface area contributed by atoms with Crippen molar-refractivity contribution in [3.05, 3.63) is 35.7 Å². The van der Waals surface area contributed by atoms with Crippen LogP contribution in [-0.4, -0.2) is 16.8 Å². The number of nitrogens with zero attached hydrogens (tertiary/aromatic N) is 2. The third kappa shape index (κ3) is 2.30. The quantitative estimate of drug-likeness (QED) is 0.904. The number of ether oxygens (including phenoxy) is 3. The van der Waals surface area contributed by atoms with Crippen molar-refractivity contribution in [1.29, 1.82) is 0 Å². The third-order valence-corrected chi connectivity index (χ3v) is 2.83. The molecule has 1 aromatic carbocycles. The van der Waals surface area contributed by atoms with Crippen molar-refractivity contribution < 1.29 is 14.2 Å². The maximum absolute atomic E-state index is 5.59. The van der Waals surface area contributed by atoms with E-state index in [1.54, 1.807) is 24.4 Å². The van der Waals surface area contributed by atoms with Gasteiger partial charge in [0.25, 0.3) is 0 Å². The van der Waals surface area contributed by atoms with Gasteiger partial charge in [0.15, 0.2) is 11.5 Å². The van der Waals surface area contributed by atoms with E-state index >= 15 is 0 Å². The first-order chi connectivity index (χ1) is 9.26. The Morgan fingerprint density at radius 1 is 1.32 bits per heavy atom. The Morgan fingerprint density at radius 2 is 2.16 bits per heavy atom. The summed E-state index contributed by atoms with van der Waals surface area (Å²) < 4.78 is 16.1. The van der Waals surface area contributed by atoms with Crippen molar-refractivity contribution in [3.8, 4) is 23.3 Å². The molecule has 0 bridgehead atoms. The summed E-state index contributed by atoms with van der Waals surface area (Å²) in [6.07, 6.45) is 1.67. The van der Waals surface area contributed by atoms with Crippen LogP contribution < -0.4 is 19.9 Å². The molecule has 0 saturated heterocycles. The van der Waals surface area contributed by atoms with Crippen LogP contribution in [0, 0.1) is 6.92 Å². The van der Waals surface area contributed by atoms with Gasteiger partial charge in [0, 0.05) is 30.1 Å². The van der Waals surface area contributed by atoms with Gasteiger partial charge in [0.1, 0.15) is 5.75 Å². The first-order valence-corrected chi connectivity index (χ1v) is 5.86. The molecular formula is C13H13N3O3. The van der Waals surface area contributed by atoms with Gasteiger partial charge in [-0.15, -0.1) is 0 Å². The highest BCUT2D eigenvalue weighted by Crippen LogP contribution is 2.36. The maximum atomic E-state index is 5.59. The Labute approximate surface area is 110 Å². The van der Waals surface area contributed by atoms with Gasteiger partial charge in [-0.1, -0.05) is 0 Å². The molecule has 6 heteroatoms. The lowest BCUT2D eigenvalue weighted by molar-refractivity contribution is 0.174. The molecule has 3 rings (SSSR count). The van der Waals surface area contributed by atoms with Gasteiger partial charge in [-0.05, 0) is 19.1 Å². The number of benzene rings is 1. The lowest BCUT2D eigenvalue weighted by Gasteiger charge is -2.07. The summed E-state index contributed by atoms with van der Waals surface area (Å²) in [6.45, 7) is 2.52. The summed E-state index contributed by atoms with van der Waals surface area (Å²) in [5.41, 5.74) is 7.28. The van der Waals surface area contributed by atoms with E-state index in [9.17, 15) is 0 Å². The molecule has 98 valence electrons. The van der Waals surface area contributed by atoms with E-state index < -0.39 is 0 Å². The lowest BCUT2D eigenvalue weighted by Crippen LogP contribution is -2.03. The molecule has 0 amide bonds. The number of fused-ring (bicyclic) bond motifs is 1. The van der Waals surface area contributed by atoms with Gasteiger partial charge in [0.2, 0.25) is 6.79 Å². The topological polar surface area (TPSA) is 79.5 Å². The van der Waals surface area contributed by atoms with Crippen LogP contribution in [0.4, 0.5) is 0 Å². The number of aromatic nitrogens is 2. The number of rotatable bonds is 3. The smallest absolute Gasteiger partial charge is 0.322 e. The van der Waals surface area contributed by atoms with Crippen LogP contribution in [0.5, 0.6) is 23.3 Å². The molecule has 0 spiro atoms. The molecule has 2 N–H and O–H groups in total. The summed E-state index contributed by atoms with van der Waals surface area (Å²) in [6, 6.07) is 5.60. The number of aryl methyl sites for hydroxylation is 1. The summed E-state index contributed by atoms with van der Waals surface area (Å²) in [7, 11) is 0. The fraction of sp³-hybridized carbons (Fsp3) is 0.231. The Morgan fingerprint density at radius 3 is 2.95 bits per heavy atom. The van der Waals surface area contributed by atoms with Crippen molar-refractivity contribution in [2.45, 2.75) is 13.5 Å². The minimum atomic E-state index is 0.236. The van der Waals surface area contributed by atoms with Crippen LogP contribution in [0.15, 0.2) is 24.4 Å². The van der Waals surface area contributed by atoms with Crippen LogP contribution in [0.25, 0.3) is 0 Å². The second kappa shape index (κ2) is 4.74. The van der Waals surface area contributed by atoms with E-state index in [-0.39, 0.29) is 12.8 Å². The Bertz CT molecular complexity index is 616.